The molecule has 0 saturated carbocycles. The second-order valence-electron chi connectivity index (χ2n) is 7.87. The number of hydrogen-bond donors (Lipinski definition) is 4. The minimum absolute atomic E-state index is 0.00758. The molecule has 0 aliphatic carbocycles. The van der Waals surface area contributed by atoms with Crippen LogP contribution >= 0.6 is 0 Å². The quantitative estimate of drug-likeness (QED) is 0.192. The van der Waals surface area contributed by atoms with E-state index in [2.05, 4.69) is 41.5 Å². The van der Waals surface area contributed by atoms with Crippen LogP contribution in [0.3, 0.4) is 0 Å². The van der Waals surface area contributed by atoms with Gasteiger partial charge in [-0.15, -0.1) is 16.6 Å². The van der Waals surface area contributed by atoms with Gasteiger partial charge in [-0.1, -0.05) is 5.92 Å². The van der Waals surface area contributed by atoms with Crippen molar-refractivity contribution < 1.29 is 18.6 Å². The molecule has 12 heteroatoms. The van der Waals surface area contributed by atoms with E-state index in [0.29, 0.717) is 39.9 Å². The lowest BCUT2D eigenvalue weighted by Crippen LogP contribution is -2.08. The van der Waals surface area contributed by atoms with Crippen LogP contribution in [-0.4, -0.2) is 42.2 Å². The average Bonchev–Trinajstić information content (AvgIpc) is 3.28. The van der Waals surface area contributed by atoms with Crippen molar-refractivity contribution in [3.05, 3.63) is 66.1 Å². The van der Waals surface area contributed by atoms with Gasteiger partial charge in [0.1, 0.15) is 23.7 Å². The van der Waals surface area contributed by atoms with E-state index < -0.39 is 12.7 Å². The minimum atomic E-state index is -2.97. The van der Waals surface area contributed by atoms with E-state index in [4.69, 9.17) is 11.8 Å². The first-order valence-corrected chi connectivity index (χ1v) is 11.0. The number of aromatic nitrogens is 5. The molecule has 1 unspecified atom stereocenters. The Bertz CT molecular complexity index is 1510. The fraction of sp³-hybridized carbons (Fsp3) is 0.160. The summed E-state index contributed by atoms with van der Waals surface area (Å²) < 4.78 is 30.6. The van der Waals surface area contributed by atoms with Gasteiger partial charge in [0.2, 0.25) is 5.88 Å². The Hall–Kier alpha value is -4.89. The molecule has 0 bridgehead atoms. The maximum Gasteiger partial charge on any atom is 0.388 e. The Morgan fingerprint density at radius 1 is 1.22 bits per heavy atom. The molecular formula is C25H22F2N8O2. The molecule has 4 aromatic rings. The van der Waals surface area contributed by atoms with Gasteiger partial charge in [0, 0.05) is 23.0 Å². The highest BCUT2D eigenvalue weighted by molar-refractivity contribution is 6.06. The van der Waals surface area contributed by atoms with Crippen LogP contribution in [0.15, 0.2) is 60.6 Å². The minimum Gasteiger partial charge on any atom is -0.415 e. The van der Waals surface area contributed by atoms with Crippen LogP contribution in [0.4, 0.5) is 26.1 Å². The molecule has 0 amide bonds. The first-order valence-electron chi connectivity index (χ1n) is 11.0. The van der Waals surface area contributed by atoms with Gasteiger partial charge in [0.15, 0.2) is 5.82 Å². The first kappa shape index (κ1) is 25.2. The van der Waals surface area contributed by atoms with Crippen molar-refractivity contribution >= 4 is 34.1 Å². The largest absolute Gasteiger partial charge is 0.415 e. The number of alkyl halides is 2. The number of pyridine rings is 1. The van der Waals surface area contributed by atoms with Gasteiger partial charge >= 0.3 is 6.61 Å². The fourth-order valence-corrected chi connectivity index (χ4v) is 3.47. The number of anilines is 3. The zero-order valence-corrected chi connectivity index (χ0v) is 19.8. The molecule has 0 aliphatic rings. The van der Waals surface area contributed by atoms with E-state index in [1.165, 1.54) is 18.2 Å². The van der Waals surface area contributed by atoms with E-state index in [9.17, 15) is 13.9 Å². The number of benzene rings is 1. The number of nitrogens with one attached hydrogen (secondary N) is 3. The lowest BCUT2D eigenvalue weighted by molar-refractivity contribution is -0.0534. The predicted molar refractivity (Wildman–Crippen MR) is 135 cm³/mol. The zero-order chi connectivity index (χ0) is 26.5. The lowest BCUT2D eigenvalue weighted by atomic mass is 10.1. The highest BCUT2D eigenvalue weighted by Gasteiger charge is 2.14. The molecule has 1 atom stereocenters. The van der Waals surface area contributed by atoms with Crippen molar-refractivity contribution in [3.63, 3.8) is 0 Å². The van der Waals surface area contributed by atoms with Gasteiger partial charge in [-0.05, 0) is 56.3 Å². The van der Waals surface area contributed by atoms with Crippen LogP contribution in [0.5, 0.6) is 5.88 Å². The van der Waals surface area contributed by atoms with Crippen molar-refractivity contribution in [3.8, 4) is 24.0 Å². The van der Waals surface area contributed by atoms with E-state index in [1.807, 2.05) is 6.07 Å². The summed E-state index contributed by atoms with van der Waals surface area (Å²) in [7, 11) is 0. The summed E-state index contributed by atoms with van der Waals surface area (Å²) in [5.41, 5.74) is 3.26. The van der Waals surface area contributed by atoms with Crippen LogP contribution in [0.25, 0.3) is 16.9 Å². The molecule has 0 saturated heterocycles. The monoisotopic (exact) mass is 504 g/mol. The van der Waals surface area contributed by atoms with Crippen LogP contribution in [0.2, 0.25) is 0 Å². The number of ether oxygens (including phenoxy) is 1. The van der Waals surface area contributed by atoms with Gasteiger partial charge in [-0.25, -0.2) is 9.97 Å². The molecule has 0 spiro atoms. The summed E-state index contributed by atoms with van der Waals surface area (Å²) >= 11 is 0. The number of allylic oxidation sites excluding steroid dienone is 2. The van der Waals surface area contributed by atoms with Crippen LogP contribution in [0.1, 0.15) is 25.5 Å². The molecule has 0 fully saturated rings. The number of terminal acetylenes is 1. The lowest BCUT2D eigenvalue weighted by Gasteiger charge is -2.15. The molecule has 0 aliphatic heterocycles. The highest BCUT2D eigenvalue weighted by atomic mass is 19.3. The molecule has 188 valence electrons. The Balaban J connectivity index is 1.60. The van der Waals surface area contributed by atoms with E-state index in [0.717, 1.165) is 5.52 Å². The highest BCUT2D eigenvalue weighted by Crippen LogP contribution is 2.27. The molecule has 4 rings (SSSR count). The summed E-state index contributed by atoms with van der Waals surface area (Å²) in [5, 5.41) is 31.4. The zero-order valence-electron chi connectivity index (χ0n) is 19.8. The first-order chi connectivity index (χ1) is 17.7. The number of nitrogens with zero attached hydrogens (tertiary/aromatic N) is 5. The van der Waals surface area contributed by atoms with Crippen molar-refractivity contribution in [2.45, 2.75) is 26.6 Å². The SMILES string of the molecule is C#CC(=N)/C=C(/C)Nc1nc(-n2cnc3cc(Nc4ccc(OC(F)F)nn4)ccc32)ccc1C(C)O. The summed E-state index contributed by atoms with van der Waals surface area (Å²) in [6.45, 7) is 0.408. The van der Waals surface area contributed by atoms with E-state index >= 15 is 0 Å². The van der Waals surface area contributed by atoms with E-state index in [-0.39, 0.29) is 11.6 Å². The van der Waals surface area contributed by atoms with Crippen LogP contribution in [-0.2, 0) is 0 Å². The van der Waals surface area contributed by atoms with Gasteiger partial charge < -0.3 is 20.5 Å². The average molecular weight is 505 g/mol. The molecule has 1 aromatic carbocycles. The molecule has 37 heavy (non-hydrogen) atoms. The van der Waals surface area contributed by atoms with Crippen LogP contribution < -0.4 is 15.4 Å². The maximum absolute atomic E-state index is 12.3. The number of fused-ring (bicyclic) bond motifs is 1. The smallest absolute Gasteiger partial charge is 0.388 e. The third-order valence-corrected chi connectivity index (χ3v) is 5.11. The molecule has 3 aromatic heterocycles. The topological polar surface area (TPSA) is 134 Å². The third-order valence-electron chi connectivity index (χ3n) is 5.11. The third kappa shape index (κ3) is 6.03. The van der Waals surface area contributed by atoms with Gasteiger partial charge in [-0.2, -0.15) is 8.78 Å². The van der Waals surface area contributed by atoms with Gasteiger partial charge in [0.25, 0.3) is 0 Å². The number of aliphatic hydroxyl groups is 1. The van der Waals surface area contributed by atoms with Gasteiger partial charge in [0.05, 0.1) is 17.1 Å². The standard InChI is InChI=1S/C25H22F2N8O2/c1-4-16(28)11-14(2)30-24-18(15(3)36)6-9-22(32-24)35-13-29-19-12-17(5-7-20(19)35)31-21-8-10-23(34-33-21)37-25(26)27/h1,5-13,15,25,28,36H,2-3H3,(H,30,32)(H,31,33)/b14-11-,28-16?. The second kappa shape index (κ2) is 10.8. The van der Waals surface area contributed by atoms with Crippen LogP contribution in [0, 0.1) is 17.8 Å². The summed E-state index contributed by atoms with van der Waals surface area (Å²) in [4.78, 5) is 9.12. The van der Waals surface area contributed by atoms with E-state index in [1.54, 1.807) is 49.0 Å². The molecular weight excluding hydrogens is 482 g/mol. The van der Waals surface area contributed by atoms with Crippen molar-refractivity contribution in [2.75, 3.05) is 10.6 Å². The van der Waals surface area contributed by atoms with Crippen molar-refractivity contribution in [1.29, 1.82) is 5.41 Å². The normalized spacial score (nSPS) is 12.3. The second-order valence-corrected chi connectivity index (χ2v) is 7.87. The molecule has 0 radical (unpaired) electrons. The number of rotatable bonds is 9. The van der Waals surface area contributed by atoms with Crippen molar-refractivity contribution in [1.82, 2.24) is 24.7 Å². The Kier molecular flexibility index (Phi) is 7.36. The molecule has 4 N–H and O–H groups in total. The molecule has 10 nitrogen and oxygen atoms in total. The summed E-state index contributed by atoms with van der Waals surface area (Å²) in [6.07, 6.45) is 7.59. The predicted octanol–water partition coefficient (Wildman–Crippen LogP) is 4.58. The van der Waals surface area contributed by atoms with Gasteiger partial charge in [-0.3, -0.25) is 9.98 Å². The Morgan fingerprint density at radius 2 is 2.03 bits per heavy atom. The summed E-state index contributed by atoms with van der Waals surface area (Å²) in [5.74, 6) is 3.27. The number of aliphatic hydroxyl groups excluding tert-OH is 1. The maximum atomic E-state index is 12.3. The molecule has 3 heterocycles. The number of halogens is 2. The van der Waals surface area contributed by atoms with Crippen molar-refractivity contribution in [2.24, 2.45) is 0 Å². The number of hydrogen-bond acceptors (Lipinski definition) is 9. The summed E-state index contributed by atoms with van der Waals surface area (Å²) in [6, 6.07) is 11.7. The Morgan fingerprint density at radius 3 is 2.70 bits per heavy atom. The fourth-order valence-electron chi connectivity index (χ4n) is 3.47. The number of imidazole rings is 1. The Labute approximate surface area is 210 Å².